The summed E-state index contributed by atoms with van der Waals surface area (Å²) in [4.78, 5) is 17.6. The van der Waals surface area contributed by atoms with Gasteiger partial charge in [0, 0.05) is 13.1 Å². The second kappa shape index (κ2) is 12.4. The van der Waals surface area contributed by atoms with Crippen LogP contribution in [0.4, 0.5) is 5.13 Å². The number of nitrogens with zero attached hydrogens (tertiary/aromatic N) is 4. The summed E-state index contributed by atoms with van der Waals surface area (Å²) in [5.41, 5.74) is 4.74. The Kier molecular flexibility index (Phi) is 10.5. The van der Waals surface area contributed by atoms with Crippen LogP contribution >= 0.6 is 35.6 Å². The van der Waals surface area contributed by atoms with Gasteiger partial charge in [0.1, 0.15) is 5.69 Å². The minimum absolute atomic E-state index is 0.529. The molecule has 2 aromatic heterocycles. The minimum atomic E-state index is 0.529. The van der Waals surface area contributed by atoms with E-state index in [4.69, 9.17) is 21.6 Å². The Bertz CT molecular complexity index is 911. The molecule has 32 heavy (non-hydrogen) atoms. The Morgan fingerprint density at radius 1 is 1.19 bits per heavy atom. The lowest BCUT2D eigenvalue weighted by Gasteiger charge is -2.34. The van der Waals surface area contributed by atoms with Crippen LogP contribution in [0.3, 0.4) is 0 Å². The number of rotatable bonds is 5. The number of halogens is 1. The molecule has 0 N–H and O–H groups in total. The second-order valence-corrected chi connectivity index (χ2v) is 10.9. The summed E-state index contributed by atoms with van der Waals surface area (Å²) in [6, 6.07) is 0. The van der Waals surface area contributed by atoms with E-state index in [1.54, 1.807) is 11.3 Å². The van der Waals surface area contributed by atoms with Crippen molar-refractivity contribution in [1.82, 2.24) is 15.0 Å². The van der Waals surface area contributed by atoms with Crippen molar-refractivity contribution in [3.05, 3.63) is 28.3 Å². The highest BCUT2D eigenvalue weighted by Gasteiger charge is 2.26. The summed E-state index contributed by atoms with van der Waals surface area (Å²) in [6.45, 7) is 19.1. The van der Waals surface area contributed by atoms with E-state index in [0.717, 1.165) is 63.1 Å². The Morgan fingerprint density at radius 3 is 2.31 bits per heavy atom. The van der Waals surface area contributed by atoms with Crippen molar-refractivity contribution in [2.75, 3.05) is 23.7 Å². The van der Waals surface area contributed by atoms with Gasteiger partial charge >= 0.3 is 0 Å². The fourth-order valence-electron chi connectivity index (χ4n) is 3.88. The van der Waals surface area contributed by atoms with Gasteiger partial charge in [-0.2, -0.15) is 12.6 Å². The molecular weight excluding hydrogens is 456 g/mol. The van der Waals surface area contributed by atoms with Crippen molar-refractivity contribution >= 4 is 46.3 Å². The molecule has 0 amide bonds. The lowest BCUT2D eigenvalue weighted by Crippen LogP contribution is -2.38. The third-order valence-corrected chi connectivity index (χ3v) is 8.12. The Hall–Kier alpha value is -1.11. The third kappa shape index (κ3) is 6.94. The maximum Gasteiger partial charge on any atom is 0.187 e. The predicted molar refractivity (Wildman–Crippen MR) is 145 cm³/mol. The summed E-state index contributed by atoms with van der Waals surface area (Å²) < 4.78 is 0. The largest absolute Gasteiger partial charge is 0.348 e. The van der Waals surface area contributed by atoms with Crippen LogP contribution in [0.15, 0.2) is 6.08 Å². The number of thiazole rings is 1. The lowest BCUT2D eigenvalue weighted by molar-refractivity contribution is 0.356. The van der Waals surface area contributed by atoms with E-state index >= 15 is 0 Å². The van der Waals surface area contributed by atoms with Gasteiger partial charge in [0.2, 0.25) is 0 Å². The first-order valence-corrected chi connectivity index (χ1v) is 13.4. The second-order valence-electron chi connectivity index (χ2n) is 9.23. The first-order chi connectivity index (χ1) is 15.1. The predicted octanol–water partition coefficient (Wildman–Crippen LogP) is 7.74. The van der Waals surface area contributed by atoms with Crippen LogP contribution in [0.1, 0.15) is 71.5 Å². The van der Waals surface area contributed by atoms with Crippen molar-refractivity contribution < 1.29 is 0 Å². The molecule has 4 nitrogen and oxygen atoms in total. The van der Waals surface area contributed by atoms with Crippen molar-refractivity contribution in [3.63, 3.8) is 0 Å². The number of allylic oxidation sites excluding steroid dienone is 2. The van der Waals surface area contributed by atoms with E-state index in [1.807, 2.05) is 20.8 Å². The highest BCUT2D eigenvalue weighted by molar-refractivity contribution is 7.80. The Labute approximate surface area is 209 Å². The standard InChI is InChI=1S/C20H27ClN4S.C5H12S/c1-7-13(4)16-14(5)22-15(6)17(23-16)18-19(21)24-20(26-18)25-9-11(2)8-12(3)10-25;1-3-5(2)4-6/h7,11-12H,8-10H2,1-6H3;5-6H,3-4H2,1-2H3/b13-7-;. The average Bonchev–Trinajstić information content (AvgIpc) is 3.14. The number of anilines is 1. The van der Waals surface area contributed by atoms with Gasteiger partial charge in [0.15, 0.2) is 10.3 Å². The first kappa shape index (κ1) is 27.1. The molecule has 0 aliphatic carbocycles. The number of aromatic nitrogens is 3. The van der Waals surface area contributed by atoms with Gasteiger partial charge in [-0.1, -0.05) is 63.1 Å². The zero-order chi connectivity index (χ0) is 24.0. The molecule has 0 bridgehead atoms. The fourth-order valence-corrected chi connectivity index (χ4v) is 5.49. The minimum Gasteiger partial charge on any atom is -0.348 e. The topological polar surface area (TPSA) is 41.9 Å². The van der Waals surface area contributed by atoms with Crippen LogP contribution in [-0.4, -0.2) is 33.8 Å². The van der Waals surface area contributed by atoms with Gasteiger partial charge in [-0.25, -0.2) is 9.97 Å². The van der Waals surface area contributed by atoms with Crippen molar-refractivity contribution in [3.8, 4) is 10.6 Å². The highest BCUT2D eigenvalue weighted by Crippen LogP contribution is 2.40. The van der Waals surface area contributed by atoms with E-state index in [2.05, 4.69) is 63.2 Å². The normalized spacial score (nSPS) is 20.1. The van der Waals surface area contributed by atoms with E-state index in [1.165, 1.54) is 12.8 Å². The third-order valence-electron chi connectivity index (χ3n) is 5.99. The molecule has 1 saturated heterocycles. The molecule has 3 unspecified atom stereocenters. The van der Waals surface area contributed by atoms with E-state index in [0.29, 0.717) is 17.0 Å². The molecule has 178 valence electrons. The molecule has 3 rings (SSSR count). The molecule has 0 saturated carbocycles. The number of hydrogen-bond donors (Lipinski definition) is 1. The smallest absolute Gasteiger partial charge is 0.187 e. The van der Waals surface area contributed by atoms with E-state index in [9.17, 15) is 0 Å². The number of hydrogen-bond acceptors (Lipinski definition) is 6. The summed E-state index contributed by atoms with van der Waals surface area (Å²) in [5.74, 6) is 3.18. The summed E-state index contributed by atoms with van der Waals surface area (Å²) in [7, 11) is 0. The van der Waals surface area contributed by atoms with Crippen LogP contribution in [0.2, 0.25) is 5.15 Å². The summed E-state index contributed by atoms with van der Waals surface area (Å²) in [5, 5.41) is 1.52. The lowest BCUT2D eigenvalue weighted by atomic mass is 9.92. The van der Waals surface area contributed by atoms with Crippen molar-refractivity contribution in [1.29, 1.82) is 0 Å². The molecule has 1 aliphatic heterocycles. The van der Waals surface area contributed by atoms with Crippen molar-refractivity contribution in [2.24, 2.45) is 17.8 Å². The fraction of sp³-hybridized carbons (Fsp3) is 0.640. The number of piperidine rings is 1. The van der Waals surface area contributed by atoms with Gasteiger partial charge in [-0.05, 0) is 63.2 Å². The molecule has 0 aromatic carbocycles. The Balaban J connectivity index is 0.000000534. The maximum atomic E-state index is 6.54. The molecule has 1 fully saturated rings. The summed E-state index contributed by atoms with van der Waals surface area (Å²) >= 11 is 12.3. The van der Waals surface area contributed by atoms with Crippen LogP contribution in [0.5, 0.6) is 0 Å². The molecule has 1 aliphatic rings. The summed E-state index contributed by atoms with van der Waals surface area (Å²) in [6.07, 6.45) is 4.59. The van der Waals surface area contributed by atoms with Gasteiger partial charge in [0.25, 0.3) is 0 Å². The van der Waals surface area contributed by atoms with Crippen LogP contribution in [0.25, 0.3) is 16.1 Å². The molecule has 2 aromatic rings. The van der Waals surface area contributed by atoms with E-state index < -0.39 is 0 Å². The van der Waals surface area contributed by atoms with Gasteiger partial charge in [0.05, 0.1) is 22.0 Å². The molecule has 3 heterocycles. The van der Waals surface area contributed by atoms with Crippen LogP contribution in [-0.2, 0) is 0 Å². The maximum absolute atomic E-state index is 6.54. The van der Waals surface area contributed by atoms with Gasteiger partial charge in [-0.3, -0.25) is 4.98 Å². The average molecular weight is 495 g/mol. The molecular formula is C25H39ClN4S2. The Morgan fingerprint density at radius 2 is 1.81 bits per heavy atom. The molecule has 7 heteroatoms. The first-order valence-electron chi connectivity index (χ1n) is 11.6. The number of aryl methyl sites for hydroxylation is 2. The van der Waals surface area contributed by atoms with Crippen molar-refractivity contribution in [2.45, 2.75) is 68.2 Å². The van der Waals surface area contributed by atoms with Gasteiger partial charge < -0.3 is 4.90 Å². The molecule has 0 spiro atoms. The number of thiol groups is 1. The molecule has 0 radical (unpaired) electrons. The zero-order valence-electron chi connectivity index (χ0n) is 20.9. The highest BCUT2D eigenvalue weighted by atomic mass is 35.5. The SMILES string of the molecule is C/C=C(/C)c1nc(-c2sc(N3CC(C)CC(C)C3)nc2Cl)c(C)nc1C.CCC(C)CS. The van der Waals surface area contributed by atoms with Gasteiger partial charge in [-0.15, -0.1) is 0 Å². The zero-order valence-corrected chi connectivity index (χ0v) is 23.3. The quantitative estimate of drug-likeness (QED) is 0.431. The van der Waals surface area contributed by atoms with Crippen LogP contribution in [0, 0.1) is 31.6 Å². The molecule has 3 atom stereocenters. The van der Waals surface area contributed by atoms with E-state index in [-0.39, 0.29) is 0 Å². The monoisotopic (exact) mass is 494 g/mol. The van der Waals surface area contributed by atoms with Crippen LogP contribution < -0.4 is 4.90 Å².